The van der Waals surface area contributed by atoms with E-state index in [1.165, 1.54) is 12.8 Å². The lowest BCUT2D eigenvalue weighted by molar-refractivity contribution is 0.532. The predicted molar refractivity (Wildman–Crippen MR) is 82.7 cm³/mol. The molecular formula is C15H26ClN3. The third-order valence-electron chi connectivity index (χ3n) is 3.09. The largest absolute Gasteiger partial charge is 0.355 e. The molecule has 1 aromatic rings. The van der Waals surface area contributed by atoms with Crippen LogP contribution in [0.1, 0.15) is 46.2 Å². The van der Waals surface area contributed by atoms with Crippen molar-refractivity contribution in [3.63, 3.8) is 0 Å². The number of hydrogen-bond donors (Lipinski definition) is 0. The van der Waals surface area contributed by atoms with Gasteiger partial charge in [-0.25, -0.2) is 4.98 Å². The van der Waals surface area contributed by atoms with Crippen molar-refractivity contribution >= 4 is 17.4 Å². The van der Waals surface area contributed by atoms with Crippen molar-refractivity contribution in [1.82, 2.24) is 9.97 Å². The summed E-state index contributed by atoms with van der Waals surface area (Å²) in [6.45, 7) is 11.1. The standard InChI is InChI=1S/C15H26ClN3/c1-12(2)5-7-19(8-6-13(3)4)15-11-17-10-14(9-16)18-15/h10-13H,5-9H2,1-4H3. The molecule has 0 unspecified atom stereocenters. The molecule has 0 aliphatic rings. The summed E-state index contributed by atoms with van der Waals surface area (Å²) in [5.41, 5.74) is 0.846. The zero-order valence-corrected chi connectivity index (χ0v) is 13.3. The molecule has 0 aliphatic heterocycles. The average Bonchev–Trinajstić information content (AvgIpc) is 2.38. The van der Waals surface area contributed by atoms with E-state index in [0.717, 1.165) is 24.6 Å². The van der Waals surface area contributed by atoms with E-state index in [-0.39, 0.29) is 0 Å². The maximum absolute atomic E-state index is 5.84. The van der Waals surface area contributed by atoms with Crippen LogP contribution in [0.4, 0.5) is 5.82 Å². The van der Waals surface area contributed by atoms with Crippen LogP contribution >= 0.6 is 11.6 Å². The first-order valence-corrected chi connectivity index (χ1v) is 7.68. The zero-order valence-electron chi connectivity index (χ0n) is 12.6. The van der Waals surface area contributed by atoms with E-state index >= 15 is 0 Å². The Labute approximate surface area is 122 Å². The fraction of sp³-hybridized carbons (Fsp3) is 0.733. The lowest BCUT2D eigenvalue weighted by atomic mass is 10.1. The molecule has 1 aromatic heterocycles. The first-order valence-electron chi connectivity index (χ1n) is 7.14. The molecule has 0 saturated heterocycles. The van der Waals surface area contributed by atoms with Crippen LogP contribution in [0.2, 0.25) is 0 Å². The molecule has 0 spiro atoms. The molecule has 0 fully saturated rings. The molecule has 1 heterocycles. The number of halogens is 1. The van der Waals surface area contributed by atoms with Crippen LogP contribution in [0.15, 0.2) is 12.4 Å². The van der Waals surface area contributed by atoms with Crippen molar-refractivity contribution in [3.05, 3.63) is 18.1 Å². The Balaban J connectivity index is 2.74. The van der Waals surface area contributed by atoms with Gasteiger partial charge in [0, 0.05) is 19.3 Å². The average molecular weight is 284 g/mol. The summed E-state index contributed by atoms with van der Waals surface area (Å²) in [7, 11) is 0. The van der Waals surface area contributed by atoms with Gasteiger partial charge in [0.25, 0.3) is 0 Å². The zero-order chi connectivity index (χ0) is 14.3. The quantitative estimate of drug-likeness (QED) is 0.672. The molecule has 1 rings (SSSR count). The summed E-state index contributed by atoms with van der Waals surface area (Å²) in [4.78, 5) is 11.2. The fourth-order valence-electron chi connectivity index (χ4n) is 1.78. The minimum absolute atomic E-state index is 0.420. The molecule has 0 amide bonds. The first kappa shape index (κ1) is 16.2. The second-order valence-electron chi connectivity index (χ2n) is 5.85. The van der Waals surface area contributed by atoms with Crippen LogP contribution in [-0.4, -0.2) is 23.1 Å². The van der Waals surface area contributed by atoms with Gasteiger partial charge < -0.3 is 4.90 Å². The van der Waals surface area contributed by atoms with Gasteiger partial charge in [0.05, 0.1) is 17.8 Å². The van der Waals surface area contributed by atoms with Crippen molar-refractivity contribution in [2.45, 2.75) is 46.4 Å². The first-order chi connectivity index (χ1) is 9.02. The van der Waals surface area contributed by atoms with Gasteiger partial charge in [0.2, 0.25) is 0 Å². The molecule has 3 nitrogen and oxygen atoms in total. The predicted octanol–water partition coefficient (Wildman–Crippen LogP) is 4.11. The molecule has 0 atom stereocenters. The van der Waals surface area contributed by atoms with E-state index in [4.69, 9.17) is 11.6 Å². The molecule has 19 heavy (non-hydrogen) atoms. The highest BCUT2D eigenvalue weighted by Crippen LogP contribution is 2.15. The molecule has 0 aliphatic carbocycles. The van der Waals surface area contributed by atoms with Crippen molar-refractivity contribution in [2.24, 2.45) is 11.8 Å². The monoisotopic (exact) mass is 283 g/mol. The van der Waals surface area contributed by atoms with E-state index in [9.17, 15) is 0 Å². The van der Waals surface area contributed by atoms with Crippen LogP contribution in [0.3, 0.4) is 0 Å². The third-order valence-corrected chi connectivity index (χ3v) is 3.36. The lowest BCUT2D eigenvalue weighted by Crippen LogP contribution is -2.28. The van der Waals surface area contributed by atoms with Gasteiger partial charge in [0.15, 0.2) is 0 Å². The van der Waals surface area contributed by atoms with Crippen molar-refractivity contribution < 1.29 is 0 Å². The van der Waals surface area contributed by atoms with Crippen molar-refractivity contribution in [3.8, 4) is 0 Å². The summed E-state index contributed by atoms with van der Waals surface area (Å²) in [6.07, 6.45) is 5.92. The summed E-state index contributed by atoms with van der Waals surface area (Å²) < 4.78 is 0. The Morgan fingerprint density at radius 2 is 1.63 bits per heavy atom. The molecule has 0 N–H and O–H groups in total. The number of aromatic nitrogens is 2. The normalized spacial score (nSPS) is 11.3. The van der Waals surface area contributed by atoms with Gasteiger partial charge in [-0.2, -0.15) is 0 Å². The fourth-order valence-corrected chi connectivity index (χ4v) is 1.91. The number of alkyl halides is 1. The van der Waals surface area contributed by atoms with Crippen LogP contribution in [-0.2, 0) is 5.88 Å². The smallest absolute Gasteiger partial charge is 0.147 e. The maximum atomic E-state index is 5.84. The van der Waals surface area contributed by atoms with E-state index in [1.54, 1.807) is 6.20 Å². The highest BCUT2D eigenvalue weighted by atomic mass is 35.5. The van der Waals surface area contributed by atoms with E-state index in [2.05, 4.69) is 42.6 Å². The van der Waals surface area contributed by atoms with Crippen LogP contribution < -0.4 is 4.90 Å². The summed E-state index contributed by atoms with van der Waals surface area (Å²) in [5.74, 6) is 2.78. The third kappa shape index (κ3) is 6.24. The Bertz CT molecular complexity index is 354. The highest BCUT2D eigenvalue weighted by Gasteiger charge is 2.10. The van der Waals surface area contributed by atoms with Gasteiger partial charge in [-0.1, -0.05) is 27.7 Å². The van der Waals surface area contributed by atoms with E-state index in [1.807, 2.05) is 6.20 Å². The Morgan fingerprint density at radius 1 is 1.05 bits per heavy atom. The molecule has 0 saturated carbocycles. The van der Waals surface area contributed by atoms with Crippen LogP contribution in [0.25, 0.3) is 0 Å². The van der Waals surface area contributed by atoms with Gasteiger partial charge >= 0.3 is 0 Å². The Morgan fingerprint density at radius 3 is 2.11 bits per heavy atom. The van der Waals surface area contributed by atoms with E-state index in [0.29, 0.717) is 17.7 Å². The maximum Gasteiger partial charge on any atom is 0.147 e. The second kappa shape index (κ2) is 8.36. The summed E-state index contributed by atoms with van der Waals surface area (Å²) in [6, 6.07) is 0. The molecular weight excluding hydrogens is 258 g/mol. The highest BCUT2D eigenvalue weighted by molar-refractivity contribution is 6.16. The van der Waals surface area contributed by atoms with Gasteiger partial charge in [-0.15, -0.1) is 11.6 Å². The number of nitrogens with zero attached hydrogens (tertiary/aromatic N) is 3. The number of rotatable bonds is 8. The van der Waals surface area contributed by atoms with Gasteiger partial charge in [-0.05, 0) is 24.7 Å². The number of hydrogen-bond acceptors (Lipinski definition) is 3. The Kier molecular flexibility index (Phi) is 7.14. The summed E-state index contributed by atoms with van der Waals surface area (Å²) >= 11 is 5.84. The molecule has 4 heteroatoms. The van der Waals surface area contributed by atoms with Crippen LogP contribution in [0.5, 0.6) is 0 Å². The summed E-state index contributed by atoms with van der Waals surface area (Å²) in [5, 5.41) is 0. The van der Waals surface area contributed by atoms with E-state index < -0.39 is 0 Å². The second-order valence-corrected chi connectivity index (χ2v) is 6.12. The number of anilines is 1. The van der Waals surface area contributed by atoms with Gasteiger partial charge in [0.1, 0.15) is 5.82 Å². The Hall–Kier alpha value is -0.830. The van der Waals surface area contributed by atoms with Crippen molar-refractivity contribution in [2.75, 3.05) is 18.0 Å². The molecule has 108 valence electrons. The molecule has 0 aromatic carbocycles. The minimum Gasteiger partial charge on any atom is -0.355 e. The topological polar surface area (TPSA) is 29.0 Å². The molecule has 0 bridgehead atoms. The SMILES string of the molecule is CC(C)CCN(CCC(C)C)c1cncc(CCl)n1. The minimum atomic E-state index is 0.420. The lowest BCUT2D eigenvalue weighted by Gasteiger charge is -2.25. The molecule has 0 radical (unpaired) electrons. The van der Waals surface area contributed by atoms with Gasteiger partial charge in [-0.3, -0.25) is 4.98 Å². The van der Waals surface area contributed by atoms with Crippen LogP contribution in [0, 0.1) is 11.8 Å². The van der Waals surface area contributed by atoms with Crippen molar-refractivity contribution in [1.29, 1.82) is 0 Å².